The summed E-state index contributed by atoms with van der Waals surface area (Å²) < 4.78 is 0. The molecule has 0 radical (unpaired) electrons. The van der Waals surface area contributed by atoms with Gasteiger partial charge >= 0.3 is 0 Å². The van der Waals surface area contributed by atoms with Gasteiger partial charge in [-0.15, -0.1) is 25.7 Å². The average molecular weight is 361 g/mol. The number of rotatable bonds is 7. The van der Waals surface area contributed by atoms with Crippen molar-refractivity contribution in [3.8, 4) is 49.4 Å². The number of nitrogens with zero attached hydrogens (tertiary/aromatic N) is 3. The third-order valence-corrected chi connectivity index (χ3v) is 3.37. The van der Waals surface area contributed by atoms with E-state index >= 15 is 0 Å². The zero-order valence-corrected chi connectivity index (χ0v) is 14.3. The highest BCUT2D eigenvalue weighted by Crippen LogP contribution is 2.23. The Kier molecular flexibility index (Phi) is 7.68. The molecular weight excluding hydrogens is 346 g/mol. The molecule has 0 saturated carbocycles. The second kappa shape index (κ2) is 9.94. The molecule has 134 valence electrons. The molecule has 1 rings (SSSR count). The first kappa shape index (κ1) is 20.8. The first-order valence-electron chi connectivity index (χ1n) is 7.52. The number of terminal acetylenes is 4. The lowest BCUT2D eigenvalue weighted by Crippen LogP contribution is -2.33. The van der Waals surface area contributed by atoms with Crippen LogP contribution < -0.4 is 0 Å². The van der Waals surface area contributed by atoms with E-state index in [0.717, 1.165) is 11.0 Å². The van der Waals surface area contributed by atoms with E-state index in [2.05, 4.69) is 23.7 Å². The summed E-state index contributed by atoms with van der Waals surface area (Å²) in [6.07, 6.45) is 20.8. The molecule has 0 heterocycles. The summed E-state index contributed by atoms with van der Waals surface area (Å²) in [6, 6.07) is 3.46. The molecule has 0 fully saturated rings. The van der Waals surface area contributed by atoms with E-state index in [1.807, 2.05) is 0 Å². The van der Waals surface area contributed by atoms with Crippen LogP contribution in [0, 0.1) is 59.5 Å². The molecule has 0 aromatic heterocycles. The molecule has 1 aromatic carbocycles. The lowest BCUT2D eigenvalue weighted by atomic mass is 10.1. The molecular formula is C20H15N3O4. The Bertz CT molecular complexity index is 891. The van der Waals surface area contributed by atoms with E-state index in [-0.39, 0.29) is 37.3 Å². The van der Waals surface area contributed by atoms with Crippen molar-refractivity contribution in [2.45, 2.75) is 0 Å². The maximum absolute atomic E-state index is 12.6. The van der Waals surface area contributed by atoms with Crippen LogP contribution in [0.4, 0.5) is 5.69 Å². The van der Waals surface area contributed by atoms with Gasteiger partial charge in [0, 0.05) is 11.6 Å². The van der Waals surface area contributed by atoms with Crippen molar-refractivity contribution >= 4 is 17.5 Å². The number of amides is 2. The summed E-state index contributed by atoms with van der Waals surface area (Å²) in [5.74, 6) is 7.82. The number of carbonyl (C=O) groups is 2. The Morgan fingerprint density at radius 1 is 0.889 bits per heavy atom. The summed E-state index contributed by atoms with van der Waals surface area (Å²) in [5.41, 5.74) is -0.807. The van der Waals surface area contributed by atoms with Gasteiger partial charge in [-0.25, -0.2) is 0 Å². The van der Waals surface area contributed by atoms with Crippen LogP contribution in [0.1, 0.15) is 20.7 Å². The average Bonchev–Trinajstić information content (AvgIpc) is 2.66. The quantitative estimate of drug-likeness (QED) is 0.412. The molecule has 0 bridgehead atoms. The fraction of sp³-hybridized carbons (Fsp3) is 0.200. The monoisotopic (exact) mass is 361 g/mol. The van der Waals surface area contributed by atoms with Gasteiger partial charge < -0.3 is 9.80 Å². The number of benzene rings is 1. The Morgan fingerprint density at radius 3 is 1.74 bits per heavy atom. The molecule has 0 atom stereocenters. The van der Waals surface area contributed by atoms with Crippen LogP contribution in [0.15, 0.2) is 18.2 Å². The van der Waals surface area contributed by atoms with Crippen LogP contribution in [0.3, 0.4) is 0 Å². The minimum atomic E-state index is -0.763. The van der Waals surface area contributed by atoms with Gasteiger partial charge in [-0.05, 0) is 12.1 Å². The zero-order valence-electron chi connectivity index (χ0n) is 14.3. The predicted octanol–water partition coefficient (Wildman–Crippen LogP) is 1.01. The highest BCUT2D eigenvalue weighted by molar-refractivity contribution is 6.01. The fourth-order valence-corrected chi connectivity index (χ4v) is 2.19. The van der Waals surface area contributed by atoms with E-state index in [0.29, 0.717) is 0 Å². The largest absolute Gasteiger partial charge is 0.316 e. The van der Waals surface area contributed by atoms with Crippen LogP contribution in [0.25, 0.3) is 0 Å². The lowest BCUT2D eigenvalue weighted by Gasteiger charge is -2.19. The Morgan fingerprint density at radius 2 is 1.33 bits per heavy atom. The molecule has 7 nitrogen and oxygen atoms in total. The molecule has 0 saturated heterocycles. The van der Waals surface area contributed by atoms with Gasteiger partial charge in [-0.3, -0.25) is 19.7 Å². The normalized spacial score (nSPS) is 9.04. The van der Waals surface area contributed by atoms with Crippen LogP contribution in [0.2, 0.25) is 0 Å². The lowest BCUT2D eigenvalue weighted by molar-refractivity contribution is -0.385. The number of nitro groups is 1. The third-order valence-electron chi connectivity index (χ3n) is 3.37. The third kappa shape index (κ3) is 5.13. The number of nitro benzene ring substituents is 1. The smallest absolute Gasteiger partial charge is 0.282 e. The van der Waals surface area contributed by atoms with Crippen molar-refractivity contribution in [3.05, 3.63) is 39.4 Å². The van der Waals surface area contributed by atoms with Crippen LogP contribution >= 0.6 is 0 Å². The van der Waals surface area contributed by atoms with Gasteiger partial charge in [-0.2, -0.15) is 0 Å². The molecule has 0 spiro atoms. The molecule has 27 heavy (non-hydrogen) atoms. The molecule has 1 aromatic rings. The summed E-state index contributed by atoms with van der Waals surface area (Å²) in [4.78, 5) is 38.0. The Labute approximate surface area is 157 Å². The maximum atomic E-state index is 12.6. The van der Waals surface area contributed by atoms with Gasteiger partial charge in [0.1, 0.15) is 5.56 Å². The summed E-state index contributed by atoms with van der Waals surface area (Å²) in [5, 5.41) is 11.4. The van der Waals surface area contributed by atoms with Crippen molar-refractivity contribution in [3.63, 3.8) is 0 Å². The van der Waals surface area contributed by atoms with Crippen molar-refractivity contribution in [2.24, 2.45) is 0 Å². The van der Waals surface area contributed by atoms with Gasteiger partial charge in [-0.1, -0.05) is 23.7 Å². The molecule has 2 amide bonds. The molecule has 0 aliphatic heterocycles. The second-order valence-corrected chi connectivity index (χ2v) is 5.13. The highest BCUT2D eigenvalue weighted by Gasteiger charge is 2.26. The van der Waals surface area contributed by atoms with E-state index in [1.165, 1.54) is 17.0 Å². The van der Waals surface area contributed by atoms with E-state index in [1.54, 1.807) is 0 Å². The first-order chi connectivity index (χ1) is 12.9. The van der Waals surface area contributed by atoms with Crippen molar-refractivity contribution < 1.29 is 14.5 Å². The highest BCUT2D eigenvalue weighted by atomic mass is 16.6. The first-order valence-corrected chi connectivity index (χ1v) is 7.52. The second-order valence-electron chi connectivity index (χ2n) is 5.13. The van der Waals surface area contributed by atoms with Gasteiger partial charge in [0.2, 0.25) is 0 Å². The summed E-state index contributed by atoms with van der Waals surface area (Å²) in [6.45, 7) is -0.344. The Hall–Kier alpha value is -4.20. The molecule has 0 unspecified atom stereocenters. The van der Waals surface area contributed by atoms with Crippen LogP contribution in [0.5, 0.6) is 0 Å². The van der Waals surface area contributed by atoms with E-state index in [9.17, 15) is 19.7 Å². The van der Waals surface area contributed by atoms with Crippen LogP contribution in [-0.2, 0) is 0 Å². The van der Waals surface area contributed by atoms with Crippen molar-refractivity contribution in [1.29, 1.82) is 0 Å². The summed E-state index contributed by atoms with van der Waals surface area (Å²) in [7, 11) is 0. The topological polar surface area (TPSA) is 83.8 Å². The molecule has 7 heteroatoms. The molecule has 0 aliphatic carbocycles. The van der Waals surface area contributed by atoms with Crippen molar-refractivity contribution in [2.75, 3.05) is 26.2 Å². The number of carbonyl (C=O) groups excluding carboxylic acids is 2. The minimum Gasteiger partial charge on any atom is -0.316 e. The minimum absolute atomic E-state index is 0.0239. The SMILES string of the molecule is C#CCN(CC#C)C(=O)c1ccc(C(=O)N(CC#C)CC#C)c([N+](=O)[O-])c1. The zero-order chi connectivity index (χ0) is 20.4. The van der Waals surface area contributed by atoms with Crippen LogP contribution in [-0.4, -0.2) is 52.7 Å². The van der Waals surface area contributed by atoms with Gasteiger partial charge in [0.05, 0.1) is 31.1 Å². The fourth-order valence-electron chi connectivity index (χ4n) is 2.19. The van der Waals surface area contributed by atoms with Gasteiger partial charge in [0.15, 0.2) is 0 Å². The Balaban J connectivity index is 3.35. The standard InChI is InChI=1S/C20H15N3O4/c1-5-11-21(12-6-2)19(24)16-9-10-17(18(15-16)23(26)27)20(25)22(13-7-3)14-8-4/h1-4,9-10,15H,11-14H2. The summed E-state index contributed by atoms with van der Waals surface area (Å²) >= 11 is 0. The molecule has 0 N–H and O–H groups in total. The van der Waals surface area contributed by atoms with Gasteiger partial charge in [0.25, 0.3) is 17.5 Å². The van der Waals surface area contributed by atoms with E-state index in [4.69, 9.17) is 25.7 Å². The maximum Gasteiger partial charge on any atom is 0.282 e. The van der Waals surface area contributed by atoms with Crippen molar-refractivity contribution in [1.82, 2.24) is 9.80 Å². The molecule has 0 aliphatic rings. The predicted molar refractivity (Wildman–Crippen MR) is 100 cm³/mol. The number of hydrogen-bond donors (Lipinski definition) is 0. The number of hydrogen-bond acceptors (Lipinski definition) is 4. The van der Waals surface area contributed by atoms with E-state index < -0.39 is 22.4 Å².